The number of carbonyl (C=O) groups is 1. The van der Waals surface area contributed by atoms with E-state index in [1.165, 1.54) is 0 Å². The number of rotatable bonds is 5. The molecule has 5 rings (SSSR count). The fraction of sp³-hybridized carbons (Fsp3) is 0.100. The summed E-state index contributed by atoms with van der Waals surface area (Å²) in [7, 11) is 0. The van der Waals surface area contributed by atoms with E-state index in [0.717, 1.165) is 32.7 Å². The molecule has 3 heteroatoms. The van der Waals surface area contributed by atoms with Crippen LogP contribution in [-0.4, -0.2) is 11.1 Å². The molecule has 0 radical (unpaired) electrons. The molecule has 0 saturated heterocycles. The molecule has 0 amide bonds. The second-order valence-corrected chi connectivity index (χ2v) is 8.96. The maximum atomic E-state index is 13.2. The third-order valence-electron chi connectivity index (χ3n) is 6.72. The summed E-state index contributed by atoms with van der Waals surface area (Å²) in [5, 5.41) is 15.5. The van der Waals surface area contributed by atoms with Crippen molar-refractivity contribution >= 4 is 39.1 Å². The second-order valence-electron chi connectivity index (χ2n) is 8.56. The first kappa shape index (κ1) is 21.2. The number of carboxylic acids is 1. The van der Waals surface area contributed by atoms with Crippen LogP contribution in [-0.2, 0) is 10.2 Å². The zero-order valence-corrected chi connectivity index (χ0v) is 19.0. The summed E-state index contributed by atoms with van der Waals surface area (Å²) < 4.78 is 0. The molecule has 1 unspecified atom stereocenters. The van der Waals surface area contributed by atoms with E-state index in [4.69, 9.17) is 11.6 Å². The summed E-state index contributed by atoms with van der Waals surface area (Å²) in [5.74, 6) is -1.39. The summed E-state index contributed by atoms with van der Waals surface area (Å²) in [4.78, 5) is 13.2. The standard InChI is InChI=1S/C30H23ClO2/c1-30(29(32)33,26-18-6-7-19-27(26)31)28(24-16-8-12-20-10-2-4-14-22(20)24)25-17-9-13-21-11-3-5-15-23(21)25/h2-19,28H,1H3,(H,32,33). The molecule has 0 aromatic heterocycles. The van der Waals surface area contributed by atoms with E-state index < -0.39 is 17.3 Å². The molecule has 1 N–H and O–H groups in total. The molecule has 0 saturated carbocycles. The van der Waals surface area contributed by atoms with Crippen molar-refractivity contribution in [1.82, 2.24) is 0 Å². The van der Waals surface area contributed by atoms with Crippen molar-refractivity contribution in [2.75, 3.05) is 0 Å². The largest absolute Gasteiger partial charge is 0.481 e. The Morgan fingerprint density at radius 1 is 0.697 bits per heavy atom. The van der Waals surface area contributed by atoms with Gasteiger partial charge in [0.05, 0.1) is 0 Å². The van der Waals surface area contributed by atoms with Gasteiger partial charge in [0.1, 0.15) is 5.41 Å². The van der Waals surface area contributed by atoms with Crippen LogP contribution in [0.3, 0.4) is 0 Å². The summed E-state index contributed by atoms with van der Waals surface area (Å²) in [6, 6.07) is 35.8. The molecule has 0 heterocycles. The Labute approximate surface area is 198 Å². The van der Waals surface area contributed by atoms with Crippen LogP contribution in [0.25, 0.3) is 21.5 Å². The summed E-state index contributed by atoms with van der Waals surface area (Å²) in [6.45, 7) is 1.80. The molecule has 0 bridgehead atoms. The van der Waals surface area contributed by atoms with Crippen LogP contribution < -0.4 is 0 Å². The molecular formula is C30H23ClO2. The lowest BCUT2D eigenvalue weighted by molar-refractivity contribution is -0.143. The SMILES string of the molecule is CC(C(=O)O)(c1ccccc1Cl)C(c1cccc2ccccc12)c1cccc2ccccc12. The Hall–Kier alpha value is -3.62. The average Bonchev–Trinajstić information content (AvgIpc) is 2.84. The van der Waals surface area contributed by atoms with Gasteiger partial charge in [-0.05, 0) is 51.2 Å². The van der Waals surface area contributed by atoms with Crippen LogP contribution in [0.1, 0.15) is 29.5 Å². The maximum absolute atomic E-state index is 13.2. The van der Waals surface area contributed by atoms with Crippen molar-refractivity contribution < 1.29 is 9.90 Å². The van der Waals surface area contributed by atoms with Crippen LogP contribution in [0, 0.1) is 0 Å². The number of hydrogen-bond acceptors (Lipinski definition) is 1. The number of benzene rings is 5. The quantitative estimate of drug-likeness (QED) is 0.296. The van der Waals surface area contributed by atoms with E-state index in [1.807, 2.05) is 66.7 Å². The third-order valence-corrected chi connectivity index (χ3v) is 7.05. The number of fused-ring (bicyclic) bond motifs is 2. The Morgan fingerprint density at radius 2 is 1.15 bits per heavy atom. The van der Waals surface area contributed by atoms with Gasteiger partial charge in [-0.2, -0.15) is 0 Å². The minimum Gasteiger partial charge on any atom is -0.481 e. The lowest BCUT2D eigenvalue weighted by atomic mass is 9.64. The van der Waals surface area contributed by atoms with Crippen molar-refractivity contribution in [3.05, 3.63) is 131 Å². The molecule has 2 nitrogen and oxygen atoms in total. The molecule has 0 aliphatic heterocycles. The maximum Gasteiger partial charge on any atom is 0.314 e. The van der Waals surface area contributed by atoms with Gasteiger partial charge in [-0.1, -0.05) is 115 Å². The van der Waals surface area contributed by atoms with Crippen LogP contribution in [0.4, 0.5) is 0 Å². The van der Waals surface area contributed by atoms with Crippen molar-refractivity contribution in [2.45, 2.75) is 18.3 Å². The summed E-state index contributed by atoms with van der Waals surface area (Å²) in [6.07, 6.45) is 0. The number of hydrogen-bond donors (Lipinski definition) is 1. The molecular weight excluding hydrogens is 428 g/mol. The molecule has 0 aliphatic rings. The van der Waals surface area contributed by atoms with E-state index in [2.05, 4.69) is 36.4 Å². The Morgan fingerprint density at radius 3 is 1.67 bits per heavy atom. The first-order valence-corrected chi connectivity index (χ1v) is 11.3. The molecule has 5 aromatic rings. The van der Waals surface area contributed by atoms with Crippen molar-refractivity contribution in [1.29, 1.82) is 0 Å². The summed E-state index contributed by atoms with van der Waals surface area (Å²) >= 11 is 6.64. The Balaban J connectivity index is 1.93. The fourth-order valence-corrected chi connectivity index (χ4v) is 5.40. The van der Waals surface area contributed by atoms with E-state index in [-0.39, 0.29) is 0 Å². The van der Waals surface area contributed by atoms with Gasteiger partial charge in [-0.25, -0.2) is 0 Å². The second kappa shape index (κ2) is 8.38. The van der Waals surface area contributed by atoms with Crippen LogP contribution in [0.5, 0.6) is 0 Å². The molecule has 162 valence electrons. The number of halogens is 1. The smallest absolute Gasteiger partial charge is 0.314 e. The van der Waals surface area contributed by atoms with Gasteiger partial charge in [0.25, 0.3) is 0 Å². The lowest BCUT2D eigenvalue weighted by Gasteiger charge is -2.37. The first-order chi connectivity index (χ1) is 16.0. The zero-order valence-electron chi connectivity index (χ0n) is 18.2. The number of aliphatic carboxylic acids is 1. The Kier molecular flexibility index (Phi) is 5.39. The van der Waals surface area contributed by atoms with E-state index in [1.54, 1.807) is 13.0 Å². The minimum absolute atomic E-state index is 0.452. The van der Waals surface area contributed by atoms with Gasteiger partial charge in [0.15, 0.2) is 0 Å². The molecule has 33 heavy (non-hydrogen) atoms. The highest BCUT2D eigenvalue weighted by Gasteiger charge is 2.47. The molecule has 0 aliphatic carbocycles. The van der Waals surface area contributed by atoms with Crippen molar-refractivity contribution in [3.8, 4) is 0 Å². The van der Waals surface area contributed by atoms with Crippen LogP contribution in [0.2, 0.25) is 5.02 Å². The highest BCUT2D eigenvalue weighted by molar-refractivity contribution is 6.31. The minimum atomic E-state index is -1.31. The molecule has 0 spiro atoms. The van der Waals surface area contributed by atoms with Gasteiger partial charge >= 0.3 is 5.97 Å². The normalized spacial score (nSPS) is 13.3. The number of carboxylic acid groups (broad SMARTS) is 1. The van der Waals surface area contributed by atoms with E-state index >= 15 is 0 Å². The predicted molar refractivity (Wildman–Crippen MR) is 136 cm³/mol. The van der Waals surface area contributed by atoms with Crippen molar-refractivity contribution in [3.63, 3.8) is 0 Å². The van der Waals surface area contributed by atoms with Gasteiger partial charge in [-0.15, -0.1) is 0 Å². The van der Waals surface area contributed by atoms with Gasteiger partial charge in [0.2, 0.25) is 0 Å². The van der Waals surface area contributed by atoms with Gasteiger partial charge in [0, 0.05) is 10.9 Å². The topological polar surface area (TPSA) is 37.3 Å². The Bertz CT molecular complexity index is 1400. The predicted octanol–water partition coefficient (Wildman–Crippen LogP) is 7.82. The first-order valence-electron chi connectivity index (χ1n) is 11.0. The molecule has 5 aromatic carbocycles. The fourth-order valence-electron chi connectivity index (χ4n) is 5.07. The average molecular weight is 451 g/mol. The molecule has 1 atom stereocenters. The van der Waals surface area contributed by atoms with Gasteiger partial charge < -0.3 is 5.11 Å². The molecule has 0 fully saturated rings. The van der Waals surface area contributed by atoms with Crippen molar-refractivity contribution in [2.24, 2.45) is 0 Å². The monoisotopic (exact) mass is 450 g/mol. The highest BCUT2D eigenvalue weighted by atomic mass is 35.5. The summed E-state index contributed by atoms with van der Waals surface area (Å²) in [5.41, 5.74) is 1.22. The van der Waals surface area contributed by atoms with Gasteiger partial charge in [-0.3, -0.25) is 4.79 Å². The van der Waals surface area contributed by atoms with E-state index in [9.17, 15) is 9.90 Å². The highest BCUT2D eigenvalue weighted by Crippen LogP contribution is 2.49. The van der Waals surface area contributed by atoms with Crippen LogP contribution in [0.15, 0.2) is 109 Å². The zero-order chi connectivity index (χ0) is 23.0. The van der Waals surface area contributed by atoms with Crippen LogP contribution >= 0.6 is 11.6 Å². The lowest BCUT2D eigenvalue weighted by Crippen LogP contribution is -2.40. The van der Waals surface area contributed by atoms with E-state index in [0.29, 0.717) is 10.6 Å². The third kappa shape index (κ3) is 3.48.